The van der Waals surface area contributed by atoms with Crippen molar-refractivity contribution in [1.29, 1.82) is 0 Å². The van der Waals surface area contributed by atoms with Gasteiger partial charge in [-0.25, -0.2) is 4.79 Å². The van der Waals surface area contributed by atoms with Crippen molar-refractivity contribution < 1.29 is 9.53 Å². The van der Waals surface area contributed by atoms with E-state index in [0.717, 1.165) is 25.9 Å². The number of nitrogens with two attached hydrogens (primary N) is 1. The molecule has 0 bridgehead atoms. The third kappa shape index (κ3) is 3.61. The Hall–Kier alpha value is -0.770. The molecule has 0 aromatic carbocycles. The van der Waals surface area contributed by atoms with Crippen molar-refractivity contribution in [3.8, 4) is 0 Å². The first-order valence-electron chi connectivity index (χ1n) is 6.88. The molecule has 1 atom stereocenters. The fraction of sp³-hybridized carbons (Fsp3) is 0.929. The second-order valence-electron chi connectivity index (χ2n) is 6.73. The van der Waals surface area contributed by atoms with E-state index >= 15 is 0 Å². The molecule has 1 rings (SSSR count). The normalized spacial score (nSPS) is 25.4. The van der Waals surface area contributed by atoms with Crippen LogP contribution < -0.4 is 5.73 Å². The summed E-state index contributed by atoms with van der Waals surface area (Å²) in [5.74, 6) is 0.479. The standard InChI is InChI=1S/C14H28N2O2/c1-11(2)14(9-15)7-6-8-16(10-14)12(17)18-13(3,4)5/h11H,6-10,15H2,1-5H3. The van der Waals surface area contributed by atoms with Gasteiger partial charge in [-0.05, 0) is 46.1 Å². The van der Waals surface area contributed by atoms with E-state index in [4.69, 9.17) is 10.5 Å². The van der Waals surface area contributed by atoms with Crippen molar-refractivity contribution in [3.63, 3.8) is 0 Å². The van der Waals surface area contributed by atoms with Crippen LogP contribution in [0.25, 0.3) is 0 Å². The fourth-order valence-electron chi connectivity index (χ4n) is 2.52. The van der Waals surface area contributed by atoms with Crippen molar-refractivity contribution >= 4 is 6.09 Å². The minimum Gasteiger partial charge on any atom is -0.444 e. The van der Waals surface area contributed by atoms with Crippen LogP contribution in [0.5, 0.6) is 0 Å². The lowest BCUT2D eigenvalue weighted by Gasteiger charge is -2.45. The number of rotatable bonds is 2. The fourth-order valence-corrected chi connectivity index (χ4v) is 2.52. The molecular formula is C14H28N2O2. The van der Waals surface area contributed by atoms with Crippen LogP contribution in [0.15, 0.2) is 0 Å². The molecule has 1 unspecified atom stereocenters. The van der Waals surface area contributed by atoms with E-state index in [1.54, 1.807) is 0 Å². The van der Waals surface area contributed by atoms with E-state index in [1.807, 2.05) is 25.7 Å². The summed E-state index contributed by atoms with van der Waals surface area (Å²) in [6.45, 7) is 12.2. The molecule has 0 aliphatic carbocycles. The first-order chi connectivity index (χ1) is 8.20. The summed E-state index contributed by atoms with van der Waals surface area (Å²) < 4.78 is 5.44. The molecule has 1 amide bonds. The van der Waals surface area contributed by atoms with Gasteiger partial charge in [0.2, 0.25) is 0 Å². The zero-order chi connectivity index (χ0) is 14.0. The summed E-state index contributed by atoms with van der Waals surface area (Å²) in [7, 11) is 0. The molecular weight excluding hydrogens is 228 g/mol. The molecule has 4 nitrogen and oxygen atoms in total. The van der Waals surface area contributed by atoms with Crippen LogP contribution in [0.4, 0.5) is 4.79 Å². The lowest BCUT2D eigenvalue weighted by atomic mass is 9.71. The summed E-state index contributed by atoms with van der Waals surface area (Å²) in [6.07, 6.45) is 1.90. The molecule has 18 heavy (non-hydrogen) atoms. The molecule has 4 heteroatoms. The van der Waals surface area contributed by atoms with Gasteiger partial charge in [-0.2, -0.15) is 0 Å². The summed E-state index contributed by atoms with van der Waals surface area (Å²) in [6, 6.07) is 0. The maximum atomic E-state index is 12.1. The second-order valence-corrected chi connectivity index (χ2v) is 6.73. The number of hydrogen-bond acceptors (Lipinski definition) is 3. The number of piperidine rings is 1. The zero-order valence-corrected chi connectivity index (χ0v) is 12.5. The van der Waals surface area contributed by atoms with Crippen molar-refractivity contribution in [3.05, 3.63) is 0 Å². The highest BCUT2D eigenvalue weighted by Crippen LogP contribution is 2.36. The predicted octanol–water partition coefficient (Wildman–Crippen LogP) is 2.62. The number of ether oxygens (including phenoxy) is 1. The Balaban J connectivity index is 2.72. The Morgan fingerprint density at radius 1 is 1.44 bits per heavy atom. The minimum absolute atomic E-state index is 0.0507. The topological polar surface area (TPSA) is 55.6 Å². The van der Waals surface area contributed by atoms with Gasteiger partial charge >= 0.3 is 6.09 Å². The third-order valence-electron chi connectivity index (χ3n) is 3.89. The number of amides is 1. The molecule has 0 spiro atoms. The molecule has 1 saturated heterocycles. The number of nitrogens with zero attached hydrogens (tertiary/aromatic N) is 1. The molecule has 1 aliphatic heterocycles. The average Bonchev–Trinajstić information content (AvgIpc) is 2.26. The molecule has 1 fully saturated rings. The van der Waals surface area contributed by atoms with E-state index < -0.39 is 5.60 Å². The maximum Gasteiger partial charge on any atom is 0.410 e. The van der Waals surface area contributed by atoms with E-state index in [9.17, 15) is 4.79 Å². The molecule has 2 N–H and O–H groups in total. The van der Waals surface area contributed by atoms with Crippen molar-refractivity contribution in [2.75, 3.05) is 19.6 Å². The highest BCUT2D eigenvalue weighted by Gasteiger charge is 2.39. The summed E-state index contributed by atoms with van der Waals surface area (Å²) in [5, 5.41) is 0. The first kappa shape index (κ1) is 15.3. The second kappa shape index (κ2) is 5.47. The highest BCUT2D eigenvalue weighted by molar-refractivity contribution is 5.68. The van der Waals surface area contributed by atoms with Gasteiger partial charge in [-0.1, -0.05) is 13.8 Å². The van der Waals surface area contributed by atoms with Gasteiger partial charge in [0.05, 0.1) is 0 Å². The minimum atomic E-state index is -0.433. The van der Waals surface area contributed by atoms with Crippen molar-refractivity contribution in [2.24, 2.45) is 17.1 Å². The molecule has 0 aromatic rings. The van der Waals surface area contributed by atoms with Gasteiger partial charge in [0.1, 0.15) is 5.60 Å². The number of hydrogen-bond donors (Lipinski definition) is 1. The van der Waals surface area contributed by atoms with E-state index in [1.165, 1.54) is 0 Å². The van der Waals surface area contributed by atoms with Crippen LogP contribution in [0.2, 0.25) is 0 Å². The lowest BCUT2D eigenvalue weighted by molar-refractivity contribution is -0.00329. The lowest BCUT2D eigenvalue weighted by Crippen LogP contribution is -2.52. The molecule has 0 aromatic heterocycles. The maximum absolute atomic E-state index is 12.1. The van der Waals surface area contributed by atoms with Crippen LogP contribution in [0.1, 0.15) is 47.5 Å². The Morgan fingerprint density at radius 3 is 2.50 bits per heavy atom. The first-order valence-corrected chi connectivity index (χ1v) is 6.88. The van der Waals surface area contributed by atoms with Crippen LogP contribution in [0, 0.1) is 11.3 Å². The molecule has 1 aliphatic rings. The molecule has 1 heterocycles. The Kier molecular flexibility index (Phi) is 4.65. The largest absolute Gasteiger partial charge is 0.444 e. The van der Waals surface area contributed by atoms with Gasteiger partial charge in [0.25, 0.3) is 0 Å². The van der Waals surface area contributed by atoms with Crippen LogP contribution in [-0.4, -0.2) is 36.2 Å². The van der Waals surface area contributed by atoms with E-state index in [-0.39, 0.29) is 11.5 Å². The van der Waals surface area contributed by atoms with Gasteiger partial charge in [0, 0.05) is 18.5 Å². The number of carbonyl (C=O) groups excluding carboxylic acids is 1. The molecule has 106 valence electrons. The highest BCUT2D eigenvalue weighted by atomic mass is 16.6. The van der Waals surface area contributed by atoms with Gasteiger partial charge in [-0.15, -0.1) is 0 Å². The summed E-state index contributed by atoms with van der Waals surface area (Å²) in [5.41, 5.74) is 5.57. The van der Waals surface area contributed by atoms with E-state index in [2.05, 4.69) is 13.8 Å². The number of carbonyl (C=O) groups is 1. The predicted molar refractivity (Wildman–Crippen MR) is 73.4 cm³/mol. The molecule has 0 saturated carbocycles. The van der Waals surface area contributed by atoms with Gasteiger partial charge in [0.15, 0.2) is 0 Å². The van der Waals surface area contributed by atoms with Gasteiger partial charge < -0.3 is 15.4 Å². The summed E-state index contributed by atoms with van der Waals surface area (Å²) >= 11 is 0. The van der Waals surface area contributed by atoms with Crippen molar-refractivity contribution in [1.82, 2.24) is 4.90 Å². The average molecular weight is 256 g/mol. The Bertz CT molecular complexity index is 297. The Morgan fingerprint density at radius 2 is 2.06 bits per heavy atom. The quantitative estimate of drug-likeness (QED) is 0.826. The van der Waals surface area contributed by atoms with Crippen LogP contribution >= 0.6 is 0 Å². The smallest absolute Gasteiger partial charge is 0.410 e. The monoisotopic (exact) mass is 256 g/mol. The number of likely N-dealkylation sites (tertiary alicyclic amines) is 1. The summed E-state index contributed by atoms with van der Waals surface area (Å²) in [4.78, 5) is 13.9. The van der Waals surface area contributed by atoms with E-state index in [0.29, 0.717) is 12.5 Å². The third-order valence-corrected chi connectivity index (χ3v) is 3.89. The van der Waals surface area contributed by atoms with Crippen LogP contribution in [-0.2, 0) is 4.74 Å². The SMILES string of the molecule is CC(C)C1(CN)CCCN(C(=O)OC(C)(C)C)C1. The molecule has 0 radical (unpaired) electrons. The zero-order valence-electron chi connectivity index (χ0n) is 12.5. The van der Waals surface area contributed by atoms with Crippen molar-refractivity contribution in [2.45, 2.75) is 53.1 Å². The van der Waals surface area contributed by atoms with Gasteiger partial charge in [-0.3, -0.25) is 0 Å². The van der Waals surface area contributed by atoms with Crippen LogP contribution in [0.3, 0.4) is 0 Å². The Labute approximate surface area is 111 Å².